The molecule has 8 heteroatoms. The maximum atomic E-state index is 6.58. The molecule has 1 unspecified atom stereocenters. The Morgan fingerprint density at radius 1 is 1.33 bits per heavy atom. The molecule has 0 radical (unpaired) electrons. The summed E-state index contributed by atoms with van der Waals surface area (Å²) in [4.78, 5) is 11.5. The van der Waals surface area contributed by atoms with E-state index in [0.29, 0.717) is 11.6 Å². The molecule has 1 aromatic heterocycles. The van der Waals surface area contributed by atoms with Crippen molar-refractivity contribution < 1.29 is 9.47 Å². The Bertz CT molecular complexity index is 834. The van der Waals surface area contributed by atoms with Crippen LogP contribution >= 0.6 is 34.2 Å². The number of nitrogens with zero attached hydrogens (tertiary/aromatic N) is 3. The summed E-state index contributed by atoms with van der Waals surface area (Å²) in [7, 11) is 3.37. The van der Waals surface area contributed by atoms with Crippen LogP contribution in [-0.2, 0) is 11.2 Å². The van der Waals surface area contributed by atoms with Gasteiger partial charge in [-0.3, -0.25) is 0 Å². The molecule has 1 atom stereocenters. The number of fused-ring (bicyclic) bond motifs is 1. The molecule has 1 N–H and O–H groups in total. The van der Waals surface area contributed by atoms with Gasteiger partial charge < -0.3 is 19.7 Å². The molecule has 6 nitrogen and oxygen atoms in total. The van der Waals surface area contributed by atoms with E-state index in [0.717, 1.165) is 51.9 Å². The molecule has 2 heterocycles. The molecule has 0 spiro atoms. The van der Waals surface area contributed by atoms with Crippen LogP contribution in [0, 0.1) is 10.5 Å². The number of benzene rings is 1. The second-order valence-corrected chi connectivity index (χ2v) is 7.97. The van der Waals surface area contributed by atoms with Crippen LogP contribution in [0.2, 0.25) is 5.02 Å². The second kappa shape index (κ2) is 8.79. The molecule has 1 aliphatic rings. The normalized spacial score (nSPS) is 14.2. The minimum absolute atomic E-state index is 0.198. The maximum absolute atomic E-state index is 6.58. The number of aryl methyl sites for hydroxylation is 1. The number of anilines is 3. The number of halogens is 2. The van der Waals surface area contributed by atoms with Gasteiger partial charge >= 0.3 is 0 Å². The van der Waals surface area contributed by atoms with Gasteiger partial charge in [-0.1, -0.05) is 18.5 Å². The van der Waals surface area contributed by atoms with Crippen LogP contribution in [0.1, 0.15) is 24.7 Å². The van der Waals surface area contributed by atoms with E-state index >= 15 is 0 Å². The quantitative estimate of drug-likeness (QED) is 0.559. The summed E-state index contributed by atoms with van der Waals surface area (Å²) < 4.78 is 11.6. The van der Waals surface area contributed by atoms with Crippen molar-refractivity contribution in [2.75, 3.05) is 37.6 Å². The van der Waals surface area contributed by atoms with E-state index in [9.17, 15) is 0 Å². The molecule has 1 aromatic carbocycles. The van der Waals surface area contributed by atoms with Gasteiger partial charge in [0.05, 0.1) is 34.0 Å². The summed E-state index contributed by atoms with van der Waals surface area (Å²) in [5.74, 6) is 3.21. The van der Waals surface area contributed by atoms with Crippen LogP contribution in [0.25, 0.3) is 0 Å². The molecule has 146 valence electrons. The standard InChI is InChI=1S/C19H24ClIN4O2/c1-5-13(10-26-3)24-18-16(21)19(23-11(2)22-18)25-7-6-12-8-14(27-4)9-15(20)17(12)25/h8-9,13H,5-7,10H2,1-4H3,(H,22,23,24). The zero-order chi connectivity index (χ0) is 19.6. The van der Waals surface area contributed by atoms with E-state index < -0.39 is 0 Å². The summed E-state index contributed by atoms with van der Waals surface area (Å²) in [6.45, 7) is 5.49. The molecule has 0 amide bonds. The monoisotopic (exact) mass is 502 g/mol. The third-order valence-electron chi connectivity index (χ3n) is 4.63. The smallest absolute Gasteiger partial charge is 0.152 e. The van der Waals surface area contributed by atoms with Crippen molar-refractivity contribution in [3.05, 3.63) is 32.1 Å². The van der Waals surface area contributed by atoms with Crippen LogP contribution in [0.3, 0.4) is 0 Å². The Morgan fingerprint density at radius 3 is 2.78 bits per heavy atom. The van der Waals surface area contributed by atoms with Crippen molar-refractivity contribution in [1.29, 1.82) is 0 Å². The third kappa shape index (κ3) is 4.25. The fourth-order valence-electron chi connectivity index (χ4n) is 3.27. The average Bonchev–Trinajstić information content (AvgIpc) is 3.08. The second-order valence-electron chi connectivity index (χ2n) is 6.48. The number of hydrogen-bond acceptors (Lipinski definition) is 6. The highest BCUT2D eigenvalue weighted by Gasteiger charge is 2.28. The molecular weight excluding hydrogens is 479 g/mol. The lowest BCUT2D eigenvalue weighted by atomic mass is 10.1. The number of ether oxygens (including phenoxy) is 2. The zero-order valence-electron chi connectivity index (χ0n) is 16.0. The van der Waals surface area contributed by atoms with E-state index in [1.54, 1.807) is 14.2 Å². The first-order valence-electron chi connectivity index (χ1n) is 8.92. The Balaban J connectivity index is 2.00. The van der Waals surface area contributed by atoms with E-state index in [1.807, 2.05) is 19.1 Å². The van der Waals surface area contributed by atoms with Gasteiger partial charge in [-0.05, 0) is 54.0 Å². The van der Waals surface area contributed by atoms with Crippen LogP contribution in [0.15, 0.2) is 12.1 Å². The SMILES string of the molecule is CCC(COC)Nc1nc(C)nc(N2CCc3cc(OC)cc(Cl)c32)c1I. The van der Waals surface area contributed by atoms with Crippen molar-refractivity contribution in [2.45, 2.75) is 32.7 Å². The van der Waals surface area contributed by atoms with Crippen molar-refractivity contribution in [1.82, 2.24) is 9.97 Å². The number of hydrogen-bond donors (Lipinski definition) is 1. The molecule has 0 bridgehead atoms. The van der Waals surface area contributed by atoms with Crippen molar-refractivity contribution in [2.24, 2.45) is 0 Å². The minimum atomic E-state index is 0.198. The summed E-state index contributed by atoms with van der Waals surface area (Å²) in [5.41, 5.74) is 2.18. The third-order valence-corrected chi connectivity index (χ3v) is 5.91. The molecule has 27 heavy (non-hydrogen) atoms. The van der Waals surface area contributed by atoms with E-state index in [1.165, 1.54) is 5.56 Å². The molecule has 0 saturated carbocycles. The highest BCUT2D eigenvalue weighted by molar-refractivity contribution is 14.1. The molecular formula is C19H24ClIN4O2. The van der Waals surface area contributed by atoms with Gasteiger partial charge in [-0.2, -0.15) is 0 Å². The highest BCUT2D eigenvalue weighted by Crippen LogP contribution is 2.43. The number of aromatic nitrogens is 2. The van der Waals surface area contributed by atoms with Gasteiger partial charge in [-0.15, -0.1) is 0 Å². The number of nitrogens with one attached hydrogen (secondary N) is 1. The first-order valence-corrected chi connectivity index (χ1v) is 10.4. The fourth-order valence-corrected chi connectivity index (χ4v) is 4.29. The van der Waals surface area contributed by atoms with E-state index in [4.69, 9.17) is 26.1 Å². The van der Waals surface area contributed by atoms with E-state index in [-0.39, 0.29) is 6.04 Å². The summed E-state index contributed by atoms with van der Waals surface area (Å²) in [6, 6.07) is 4.10. The largest absolute Gasteiger partial charge is 0.497 e. The van der Waals surface area contributed by atoms with Crippen molar-refractivity contribution in [3.8, 4) is 5.75 Å². The summed E-state index contributed by atoms with van der Waals surface area (Å²) in [5, 5.41) is 4.17. The number of methoxy groups -OCH3 is 2. The average molecular weight is 503 g/mol. The van der Waals surface area contributed by atoms with Gasteiger partial charge in [0, 0.05) is 19.7 Å². The molecule has 0 saturated heterocycles. The molecule has 2 aromatic rings. The molecule has 0 aliphatic carbocycles. The zero-order valence-corrected chi connectivity index (χ0v) is 18.9. The summed E-state index contributed by atoms with van der Waals surface area (Å²) >= 11 is 8.89. The molecule has 1 aliphatic heterocycles. The Labute approximate surface area is 178 Å². The van der Waals surface area contributed by atoms with Gasteiger partial charge in [0.25, 0.3) is 0 Å². The maximum Gasteiger partial charge on any atom is 0.152 e. The number of rotatable bonds is 7. The Hall–Kier alpha value is -1.32. The van der Waals surface area contributed by atoms with Crippen LogP contribution in [0.5, 0.6) is 5.75 Å². The van der Waals surface area contributed by atoms with Crippen LogP contribution in [0.4, 0.5) is 17.3 Å². The van der Waals surface area contributed by atoms with Gasteiger partial charge in [0.1, 0.15) is 17.4 Å². The molecule has 3 rings (SSSR count). The van der Waals surface area contributed by atoms with Crippen molar-refractivity contribution in [3.63, 3.8) is 0 Å². The topological polar surface area (TPSA) is 59.5 Å². The van der Waals surface area contributed by atoms with Crippen LogP contribution < -0.4 is 15.0 Å². The lowest BCUT2D eigenvalue weighted by molar-refractivity contribution is 0.184. The fraction of sp³-hybridized carbons (Fsp3) is 0.474. The molecule has 0 fully saturated rings. The first-order chi connectivity index (χ1) is 13.0. The van der Waals surface area contributed by atoms with E-state index in [2.05, 4.69) is 44.7 Å². The van der Waals surface area contributed by atoms with Crippen LogP contribution in [-0.4, -0.2) is 43.4 Å². The summed E-state index contributed by atoms with van der Waals surface area (Å²) in [6.07, 6.45) is 1.84. The first kappa shape index (κ1) is 20.4. The Kier molecular flexibility index (Phi) is 6.65. The Morgan fingerprint density at radius 2 is 2.11 bits per heavy atom. The van der Waals surface area contributed by atoms with Crippen molar-refractivity contribution >= 4 is 51.5 Å². The lowest BCUT2D eigenvalue weighted by Crippen LogP contribution is -2.26. The van der Waals surface area contributed by atoms with Gasteiger partial charge in [0.15, 0.2) is 5.82 Å². The highest BCUT2D eigenvalue weighted by atomic mass is 127. The van der Waals surface area contributed by atoms with Gasteiger partial charge in [-0.25, -0.2) is 9.97 Å². The van der Waals surface area contributed by atoms with Gasteiger partial charge in [0.2, 0.25) is 0 Å². The lowest BCUT2D eigenvalue weighted by Gasteiger charge is -2.24. The predicted molar refractivity (Wildman–Crippen MR) is 118 cm³/mol. The predicted octanol–water partition coefficient (Wildman–Crippen LogP) is 4.58. The minimum Gasteiger partial charge on any atom is -0.497 e.